The van der Waals surface area contributed by atoms with Crippen LogP contribution in [0.25, 0.3) is 0 Å². The zero-order valence-electron chi connectivity index (χ0n) is 8.43. The molecule has 4 nitrogen and oxygen atoms in total. The van der Waals surface area contributed by atoms with Gasteiger partial charge in [0.05, 0.1) is 0 Å². The number of hydrogen-bond acceptors (Lipinski definition) is 4. The zero-order chi connectivity index (χ0) is 11.1. The first-order valence-electron chi connectivity index (χ1n) is 4.45. The van der Waals surface area contributed by atoms with Crippen molar-refractivity contribution in [2.24, 2.45) is 0 Å². The highest BCUT2D eigenvalue weighted by Gasteiger charge is 2.02. The molecule has 1 rings (SSSR count). The predicted octanol–water partition coefficient (Wildman–Crippen LogP) is 1.09. The van der Waals surface area contributed by atoms with Gasteiger partial charge in [-0.2, -0.15) is 0 Å². The van der Waals surface area contributed by atoms with Gasteiger partial charge in [0.2, 0.25) is 0 Å². The summed E-state index contributed by atoms with van der Waals surface area (Å²) in [6.45, 7) is -0.0104. The summed E-state index contributed by atoms with van der Waals surface area (Å²) in [6, 6.07) is 6.62. The SMILES string of the molecule is COCC(=O)COc1cccc(C=O)c1. The molecule has 0 aromatic heterocycles. The minimum absolute atomic E-state index is 0.0351. The maximum absolute atomic E-state index is 11.1. The van der Waals surface area contributed by atoms with Gasteiger partial charge < -0.3 is 9.47 Å². The number of Topliss-reactive ketones (excluding diaryl/α,β-unsaturated/α-hetero) is 1. The molecule has 0 saturated heterocycles. The van der Waals surface area contributed by atoms with Crippen LogP contribution >= 0.6 is 0 Å². The van der Waals surface area contributed by atoms with E-state index in [9.17, 15) is 9.59 Å². The fourth-order valence-corrected chi connectivity index (χ4v) is 1.04. The number of benzene rings is 1. The molecule has 0 aliphatic rings. The summed E-state index contributed by atoms with van der Waals surface area (Å²) >= 11 is 0. The summed E-state index contributed by atoms with van der Waals surface area (Å²) in [6.07, 6.45) is 0.726. The van der Waals surface area contributed by atoms with E-state index in [1.807, 2.05) is 0 Å². The molecule has 0 bridgehead atoms. The Bertz CT molecular complexity index is 346. The predicted molar refractivity (Wildman–Crippen MR) is 54.2 cm³/mol. The maximum atomic E-state index is 11.1. The highest BCUT2D eigenvalue weighted by atomic mass is 16.5. The van der Waals surface area contributed by atoms with Crippen LogP contribution in [0.3, 0.4) is 0 Å². The number of aldehydes is 1. The number of methoxy groups -OCH3 is 1. The first-order chi connectivity index (χ1) is 7.26. The Morgan fingerprint density at radius 1 is 1.40 bits per heavy atom. The van der Waals surface area contributed by atoms with E-state index in [0.717, 1.165) is 6.29 Å². The number of ether oxygens (including phenoxy) is 2. The first-order valence-corrected chi connectivity index (χ1v) is 4.45. The molecule has 80 valence electrons. The van der Waals surface area contributed by atoms with Crippen LogP contribution in [0.15, 0.2) is 24.3 Å². The van der Waals surface area contributed by atoms with E-state index in [4.69, 9.17) is 4.74 Å². The van der Waals surface area contributed by atoms with Crippen LogP contribution in [-0.2, 0) is 9.53 Å². The van der Waals surface area contributed by atoms with Gasteiger partial charge >= 0.3 is 0 Å². The molecule has 0 radical (unpaired) electrons. The van der Waals surface area contributed by atoms with Gasteiger partial charge in [-0.3, -0.25) is 9.59 Å². The normalized spacial score (nSPS) is 9.67. The lowest BCUT2D eigenvalue weighted by Gasteiger charge is -2.04. The van der Waals surface area contributed by atoms with Crippen molar-refractivity contribution < 1.29 is 19.1 Å². The fraction of sp³-hybridized carbons (Fsp3) is 0.273. The van der Waals surface area contributed by atoms with Crippen molar-refractivity contribution in [2.75, 3.05) is 20.3 Å². The summed E-state index contributed by atoms with van der Waals surface area (Å²) in [5.74, 6) is 0.359. The third-order valence-corrected chi connectivity index (χ3v) is 1.70. The Morgan fingerprint density at radius 2 is 2.20 bits per heavy atom. The van der Waals surface area contributed by atoms with Crippen LogP contribution in [0, 0.1) is 0 Å². The summed E-state index contributed by atoms with van der Waals surface area (Å²) < 4.78 is 9.83. The average Bonchev–Trinajstić information content (AvgIpc) is 2.27. The van der Waals surface area contributed by atoms with Gasteiger partial charge in [-0.25, -0.2) is 0 Å². The largest absolute Gasteiger partial charge is 0.486 e. The van der Waals surface area contributed by atoms with Gasteiger partial charge in [0.25, 0.3) is 0 Å². The molecule has 0 aliphatic heterocycles. The summed E-state index contributed by atoms with van der Waals surface area (Å²) in [7, 11) is 1.45. The highest BCUT2D eigenvalue weighted by Crippen LogP contribution is 2.11. The number of ketones is 1. The standard InChI is InChI=1S/C11H12O4/c1-14-7-10(13)8-15-11-4-2-3-9(5-11)6-12/h2-6H,7-8H2,1H3. The fourth-order valence-electron chi connectivity index (χ4n) is 1.04. The van der Waals surface area contributed by atoms with Crippen molar-refractivity contribution in [2.45, 2.75) is 0 Å². The Balaban J connectivity index is 2.50. The summed E-state index contributed by atoms with van der Waals surface area (Å²) in [5, 5.41) is 0. The lowest BCUT2D eigenvalue weighted by Crippen LogP contribution is -2.16. The van der Waals surface area contributed by atoms with E-state index in [1.165, 1.54) is 7.11 Å². The quantitative estimate of drug-likeness (QED) is 0.657. The zero-order valence-corrected chi connectivity index (χ0v) is 8.43. The Labute approximate surface area is 87.8 Å². The molecule has 0 heterocycles. The van der Waals surface area contributed by atoms with E-state index in [-0.39, 0.29) is 19.0 Å². The molecular weight excluding hydrogens is 196 g/mol. The van der Waals surface area contributed by atoms with Crippen molar-refractivity contribution in [1.29, 1.82) is 0 Å². The Hall–Kier alpha value is -1.68. The second-order valence-corrected chi connectivity index (χ2v) is 2.95. The second-order valence-electron chi connectivity index (χ2n) is 2.95. The van der Waals surface area contributed by atoms with Gasteiger partial charge in [0.15, 0.2) is 5.78 Å². The van der Waals surface area contributed by atoms with Crippen molar-refractivity contribution in [3.63, 3.8) is 0 Å². The Kier molecular flexibility index (Phi) is 4.50. The molecular formula is C11H12O4. The number of hydrogen-bond donors (Lipinski definition) is 0. The minimum atomic E-state index is -0.144. The third kappa shape index (κ3) is 3.91. The summed E-state index contributed by atoms with van der Waals surface area (Å²) in [4.78, 5) is 21.5. The highest BCUT2D eigenvalue weighted by molar-refractivity contribution is 5.81. The minimum Gasteiger partial charge on any atom is -0.486 e. The molecule has 0 fully saturated rings. The van der Waals surface area contributed by atoms with E-state index in [1.54, 1.807) is 24.3 Å². The van der Waals surface area contributed by atoms with E-state index in [0.29, 0.717) is 11.3 Å². The molecule has 0 N–H and O–H groups in total. The van der Waals surface area contributed by atoms with Crippen molar-refractivity contribution in [3.8, 4) is 5.75 Å². The average molecular weight is 208 g/mol. The van der Waals surface area contributed by atoms with Crippen LogP contribution in [0.4, 0.5) is 0 Å². The molecule has 0 amide bonds. The smallest absolute Gasteiger partial charge is 0.195 e. The number of carbonyl (C=O) groups excluding carboxylic acids is 2. The van der Waals surface area contributed by atoms with Gasteiger partial charge in [0.1, 0.15) is 25.2 Å². The lowest BCUT2D eigenvalue weighted by molar-refractivity contribution is -0.124. The molecule has 0 spiro atoms. The molecule has 0 atom stereocenters. The monoisotopic (exact) mass is 208 g/mol. The molecule has 0 aliphatic carbocycles. The van der Waals surface area contributed by atoms with E-state index >= 15 is 0 Å². The topological polar surface area (TPSA) is 52.6 Å². The first kappa shape index (κ1) is 11.4. The molecule has 4 heteroatoms. The molecule has 0 unspecified atom stereocenters. The molecule has 1 aromatic rings. The van der Waals surface area contributed by atoms with Crippen molar-refractivity contribution in [3.05, 3.63) is 29.8 Å². The molecule has 15 heavy (non-hydrogen) atoms. The van der Waals surface area contributed by atoms with Gasteiger partial charge in [-0.05, 0) is 12.1 Å². The van der Waals surface area contributed by atoms with Crippen LogP contribution in [0.5, 0.6) is 5.75 Å². The van der Waals surface area contributed by atoms with Crippen molar-refractivity contribution in [1.82, 2.24) is 0 Å². The van der Waals surface area contributed by atoms with Crippen LogP contribution in [-0.4, -0.2) is 32.4 Å². The van der Waals surface area contributed by atoms with Gasteiger partial charge in [-0.15, -0.1) is 0 Å². The van der Waals surface area contributed by atoms with Crippen molar-refractivity contribution >= 4 is 12.1 Å². The van der Waals surface area contributed by atoms with Crippen LogP contribution in [0.1, 0.15) is 10.4 Å². The van der Waals surface area contributed by atoms with E-state index < -0.39 is 0 Å². The Morgan fingerprint density at radius 3 is 2.87 bits per heavy atom. The second kappa shape index (κ2) is 5.93. The lowest BCUT2D eigenvalue weighted by atomic mass is 10.2. The molecule has 0 saturated carbocycles. The van der Waals surface area contributed by atoms with Crippen LogP contribution in [0.2, 0.25) is 0 Å². The van der Waals surface area contributed by atoms with Gasteiger partial charge in [-0.1, -0.05) is 12.1 Å². The van der Waals surface area contributed by atoms with Crippen LogP contribution < -0.4 is 4.74 Å². The van der Waals surface area contributed by atoms with E-state index in [2.05, 4.69) is 4.74 Å². The molecule has 1 aromatic carbocycles. The summed E-state index contributed by atoms with van der Waals surface area (Å²) in [5.41, 5.74) is 0.520. The maximum Gasteiger partial charge on any atom is 0.195 e. The van der Waals surface area contributed by atoms with Gasteiger partial charge in [0, 0.05) is 12.7 Å². The number of carbonyl (C=O) groups is 2. The number of rotatable bonds is 6. The third-order valence-electron chi connectivity index (χ3n) is 1.70.